The van der Waals surface area contributed by atoms with Crippen molar-refractivity contribution in [2.45, 2.75) is 39.2 Å². The van der Waals surface area contributed by atoms with E-state index in [0.717, 1.165) is 5.76 Å². The predicted octanol–water partition coefficient (Wildman–Crippen LogP) is 14.1. The van der Waals surface area contributed by atoms with Gasteiger partial charge >= 0.3 is 0 Å². The minimum Gasteiger partial charge on any atom is -0.465 e. The number of fused-ring (bicyclic) bond motifs is 4. The van der Waals surface area contributed by atoms with Crippen molar-refractivity contribution in [3.05, 3.63) is 166 Å². The molecule has 0 saturated heterocycles. The molecule has 4 aromatic carbocycles. The van der Waals surface area contributed by atoms with Gasteiger partial charge in [0, 0.05) is 61.5 Å². The molecule has 1 aliphatic carbocycles. The highest BCUT2D eigenvalue weighted by Gasteiger charge is 2.43. The first-order valence-corrected chi connectivity index (χ1v) is 21.3. The Bertz CT molecular complexity index is 2060. The van der Waals surface area contributed by atoms with Crippen molar-refractivity contribution >= 4 is 100 Å². The number of hydrogen-bond acceptors (Lipinski definition) is 9. The molecule has 1 saturated carbocycles. The minimum atomic E-state index is 0.868. The van der Waals surface area contributed by atoms with Gasteiger partial charge in [-0.3, -0.25) is 0 Å². The summed E-state index contributed by atoms with van der Waals surface area (Å²) < 4.78 is 11.4. The van der Waals surface area contributed by atoms with Crippen LogP contribution in [-0.2, 0) is 0 Å². The third-order valence-corrected chi connectivity index (χ3v) is 18.2. The number of thioether (sulfide) groups is 8. The van der Waals surface area contributed by atoms with Crippen molar-refractivity contribution in [1.29, 1.82) is 0 Å². The Hall–Kier alpha value is -2.34. The van der Waals surface area contributed by atoms with Gasteiger partial charge < -0.3 is 4.42 Å². The van der Waals surface area contributed by atoms with Gasteiger partial charge in [-0.2, -0.15) is 0 Å². The predicted molar refractivity (Wildman–Crippen MR) is 207 cm³/mol. The molecule has 5 heterocycles. The molecule has 5 aliphatic rings. The fraction of sp³-hybridized carbons (Fsp3) is 0. The summed E-state index contributed by atoms with van der Waals surface area (Å²) in [6.07, 6.45) is 4.07. The van der Waals surface area contributed by atoms with Crippen molar-refractivity contribution in [1.82, 2.24) is 0 Å². The highest BCUT2D eigenvalue weighted by atomic mass is 32.2. The van der Waals surface area contributed by atoms with Gasteiger partial charge in [0.2, 0.25) is 0 Å². The summed E-state index contributed by atoms with van der Waals surface area (Å²) in [4.78, 5) is 10.6. The van der Waals surface area contributed by atoms with E-state index in [1.165, 1.54) is 84.0 Å². The Balaban J connectivity index is 1.30. The highest BCUT2D eigenvalue weighted by molar-refractivity contribution is 8.26. The van der Waals surface area contributed by atoms with Gasteiger partial charge in [-0.25, -0.2) is 0 Å². The lowest BCUT2D eigenvalue weighted by Gasteiger charge is -2.12. The lowest BCUT2D eigenvalue weighted by molar-refractivity contribution is 0.557. The van der Waals surface area contributed by atoms with Crippen molar-refractivity contribution in [3.8, 4) is 0 Å². The summed E-state index contributed by atoms with van der Waals surface area (Å²) in [6.45, 7) is 0. The third-order valence-electron chi connectivity index (χ3n) is 7.95. The molecule has 9 heteroatoms. The summed E-state index contributed by atoms with van der Waals surface area (Å²) in [5.74, 6) is 0.868. The van der Waals surface area contributed by atoms with E-state index in [1.807, 2.05) is 100 Å². The van der Waals surface area contributed by atoms with Gasteiger partial charge in [0.1, 0.15) is 5.76 Å². The minimum absolute atomic E-state index is 0.868. The molecule has 1 aromatic heterocycles. The maximum absolute atomic E-state index is 6.06. The second kappa shape index (κ2) is 12.2. The number of allylic oxidation sites excluding steroid dienone is 5. The van der Waals surface area contributed by atoms with Crippen molar-refractivity contribution in [3.63, 3.8) is 0 Å². The molecule has 226 valence electrons. The first-order chi connectivity index (χ1) is 23.3. The van der Waals surface area contributed by atoms with E-state index in [1.54, 1.807) is 6.26 Å². The topological polar surface area (TPSA) is 13.1 Å². The fourth-order valence-corrected chi connectivity index (χ4v) is 16.3. The molecule has 1 nitrogen and oxygen atoms in total. The largest absolute Gasteiger partial charge is 0.465 e. The lowest BCUT2D eigenvalue weighted by Crippen LogP contribution is -1.90. The summed E-state index contributed by atoms with van der Waals surface area (Å²) >= 11 is 15.3. The normalized spacial score (nSPS) is 18.0. The van der Waals surface area contributed by atoms with E-state index in [9.17, 15) is 0 Å². The molecule has 0 N–H and O–H groups in total. The Kier molecular flexibility index (Phi) is 7.68. The van der Waals surface area contributed by atoms with E-state index in [4.69, 9.17) is 4.42 Å². The second-order valence-corrected chi connectivity index (χ2v) is 20.3. The zero-order chi connectivity index (χ0) is 30.9. The van der Waals surface area contributed by atoms with E-state index in [0.29, 0.717) is 0 Å². The summed E-state index contributed by atoms with van der Waals surface area (Å²) in [6, 6.07) is 39.4. The molecule has 5 aromatic rings. The summed E-state index contributed by atoms with van der Waals surface area (Å²) in [7, 11) is 0. The van der Waals surface area contributed by atoms with Crippen LogP contribution in [0.25, 0.3) is 6.08 Å². The van der Waals surface area contributed by atoms with E-state index in [2.05, 4.69) is 109 Å². The van der Waals surface area contributed by atoms with Gasteiger partial charge in [0.05, 0.1) is 23.2 Å². The molecule has 0 bridgehead atoms. The maximum atomic E-state index is 6.06. The van der Waals surface area contributed by atoms with Gasteiger partial charge in [-0.15, -0.1) is 0 Å². The molecule has 4 aliphatic heterocycles. The Morgan fingerprint density at radius 3 is 0.915 bits per heavy atom. The first kappa shape index (κ1) is 29.6. The molecule has 0 radical (unpaired) electrons. The van der Waals surface area contributed by atoms with Crippen LogP contribution in [0.2, 0.25) is 0 Å². The van der Waals surface area contributed by atoms with Crippen LogP contribution in [0.5, 0.6) is 0 Å². The molecule has 0 amide bonds. The van der Waals surface area contributed by atoms with Gasteiger partial charge in [-0.1, -0.05) is 143 Å². The monoisotopic (exact) mass is 748 g/mol. The number of rotatable bonds is 1. The maximum Gasteiger partial charge on any atom is 0.127 e. The Morgan fingerprint density at radius 2 is 0.638 bits per heavy atom. The third kappa shape index (κ3) is 5.20. The molecular formula is C38H20OS8. The lowest BCUT2D eigenvalue weighted by atomic mass is 10.1. The van der Waals surface area contributed by atoms with Crippen LogP contribution in [0, 0.1) is 0 Å². The Labute approximate surface area is 307 Å². The van der Waals surface area contributed by atoms with Gasteiger partial charge in [-0.05, 0) is 72.3 Å². The number of furan rings is 1. The quantitative estimate of drug-likeness (QED) is 0.165. The zero-order valence-corrected chi connectivity index (χ0v) is 30.8. The zero-order valence-electron chi connectivity index (χ0n) is 24.2. The van der Waals surface area contributed by atoms with E-state index in [-0.39, 0.29) is 0 Å². The molecular weight excluding hydrogens is 729 g/mol. The molecule has 10 rings (SSSR count). The van der Waals surface area contributed by atoms with Crippen LogP contribution < -0.4 is 0 Å². The standard InChI is InChI=1S/C38H20OS8/c1-2-12-24-23(11-1)40-35(41-24)31-22(20-21-10-9-19-39-21)32(36-42-25-13-3-4-14-26(25)43-36)34(38-46-29-17-7-8-18-30(29)47-38)33(31)37-44-27-15-5-6-16-28(27)45-37/h1-20H. The first-order valence-electron chi connectivity index (χ1n) is 14.8. The van der Waals surface area contributed by atoms with Gasteiger partial charge in [0.25, 0.3) is 0 Å². The second-order valence-electron chi connectivity index (χ2n) is 10.8. The van der Waals surface area contributed by atoms with Crippen LogP contribution in [0.3, 0.4) is 0 Å². The van der Waals surface area contributed by atoms with E-state index < -0.39 is 0 Å². The van der Waals surface area contributed by atoms with Crippen LogP contribution >= 0.6 is 94.1 Å². The smallest absolute Gasteiger partial charge is 0.127 e. The van der Waals surface area contributed by atoms with Crippen molar-refractivity contribution in [2.24, 2.45) is 0 Å². The Morgan fingerprint density at radius 1 is 0.340 bits per heavy atom. The molecule has 0 unspecified atom stereocenters. The summed E-state index contributed by atoms with van der Waals surface area (Å²) in [5, 5.41) is 0. The van der Waals surface area contributed by atoms with Crippen LogP contribution in [-0.4, -0.2) is 0 Å². The number of hydrogen-bond donors (Lipinski definition) is 0. The molecule has 1 fully saturated rings. The van der Waals surface area contributed by atoms with Crippen LogP contribution in [0.15, 0.2) is 204 Å². The average Bonchev–Trinajstić information content (AvgIpc) is 3.94. The number of benzene rings is 4. The van der Waals surface area contributed by atoms with E-state index >= 15 is 0 Å². The SMILES string of the molecule is C(=C1C(=C2Sc3ccccc3S2)C(=C2Sc3ccccc3S2)C(=C2Sc3ccccc3S2)C1=C1Sc2ccccc2S1)c1ccco1. The molecule has 47 heavy (non-hydrogen) atoms. The van der Waals surface area contributed by atoms with Crippen LogP contribution in [0.1, 0.15) is 5.76 Å². The summed E-state index contributed by atoms with van der Waals surface area (Å²) in [5.41, 5.74) is 6.56. The molecule has 0 atom stereocenters. The highest BCUT2D eigenvalue weighted by Crippen LogP contribution is 2.68. The van der Waals surface area contributed by atoms with Crippen molar-refractivity contribution < 1.29 is 4.42 Å². The van der Waals surface area contributed by atoms with Crippen molar-refractivity contribution in [2.75, 3.05) is 0 Å². The molecule has 0 spiro atoms. The average molecular weight is 749 g/mol. The van der Waals surface area contributed by atoms with Crippen LogP contribution in [0.4, 0.5) is 0 Å². The van der Waals surface area contributed by atoms with Gasteiger partial charge in [0.15, 0.2) is 0 Å². The fourth-order valence-electron chi connectivity index (χ4n) is 5.90.